The summed E-state index contributed by atoms with van der Waals surface area (Å²) in [6.07, 6.45) is 11.7. The van der Waals surface area contributed by atoms with E-state index >= 15 is 0 Å². The first-order valence-corrected chi connectivity index (χ1v) is 5.86. The zero-order valence-electron chi connectivity index (χ0n) is 9.55. The van der Waals surface area contributed by atoms with E-state index < -0.39 is 5.60 Å². The van der Waals surface area contributed by atoms with Crippen LogP contribution in [-0.4, -0.2) is 18.0 Å². The molecule has 1 aliphatic rings. The van der Waals surface area contributed by atoms with Crippen LogP contribution in [0, 0.1) is 12.3 Å². The fourth-order valence-electron chi connectivity index (χ4n) is 2.33. The van der Waals surface area contributed by atoms with E-state index in [1.165, 1.54) is 12.8 Å². The van der Waals surface area contributed by atoms with Gasteiger partial charge in [0.05, 0.1) is 6.42 Å². The maximum absolute atomic E-state index is 12.0. The zero-order chi connectivity index (χ0) is 11.1. The number of rotatable bonds is 4. The molecule has 0 aromatic carbocycles. The SMILES string of the molecule is C#CCC(=O)C1(OCC)CCCCCC1. The zero-order valence-corrected chi connectivity index (χ0v) is 9.55. The molecule has 0 atom stereocenters. The average Bonchev–Trinajstić information content (AvgIpc) is 2.45. The fraction of sp³-hybridized carbons (Fsp3) is 0.769. The third-order valence-corrected chi connectivity index (χ3v) is 3.10. The van der Waals surface area contributed by atoms with Crippen molar-refractivity contribution in [3.63, 3.8) is 0 Å². The van der Waals surface area contributed by atoms with Crippen LogP contribution in [0.15, 0.2) is 0 Å². The van der Waals surface area contributed by atoms with Crippen molar-refractivity contribution < 1.29 is 9.53 Å². The van der Waals surface area contributed by atoms with Gasteiger partial charge in [-0.2, -0.15) is 0 Å². The summed E-state index contributed by atoms with van der Waals surface area (Å²) in [6.45, 7) is 2.53. The minimum absolute atomic E-state index is 0.105. The molecule has 0 saturated heterocycles. The van der Waals surface area contributed by atoms with Gasteiger partial charge in [-0.15, -0.1) is 6.42 Å². The van der Waals surface area contributed by atoms with Gasteiger partial charge in [0.15, 0.2) is 5.78 Å². The lowest BCUT2D eigenvalue weighted by Gasteiger charge is -2.30. The third kappa shape index (κ3) is 3.07. The average molecular weight is 208 g/mol. The Bertz CT molecular complexity index is 242. The lowest BCUT2D eigenvalue weighted by atomic mass is 9.88. The van der Waals surface area contributed by atoms with Gasteiger partial charge in [0.25, 0.3) is 0 Å². The van der Waals surface area contributed by atoms with Crippen molar-refractivity contribution in [1.29, 1.82) is 0 Å². The molecule has 2 nitrogen and oxygen atoms in total. The molecule has 0 radical (unpaired) electrons. The first kappa shape index (κ1) is 12.3. The topological polar surface area (TPSA) is 26.3 Å². The van der Waals surface area contributed by atoms with Crippen LogP contribution in [0.2, 0.25) is 0 Å². The Morgan fingerprint density at radius 3 is 2.40 bits per heavy atom. The number of carbonyl (C=O) groups is 1. The van der Waals surface area contributed by atoms with Gasteiger partial charge in [0.2, 0.25) is 0 Å². The first-order chi connectivity index (χ1) is 7.25. The monoisotopic (exact) mass is 208 g/mol. The number of hydrogen-bond donors (Lipinski definition) is 0. The number of ketones is 1. The van der Waals surface area contributed by atoms with Crippen LogP contribution < -0.4 is 0 Å². The summed E-state index contributed by atoms with van der Waals surface area (Å²) >= 11 is 0. The van der Waals surface area contributed by atoms with Gasteiger partial charge in [0.1, 0.15) is 5.60 Å². The molecule has 2 heteroatoms. The predicted molar refractivity (Wildman–Crippen MR) is 60.5 cm³/mol. The van der Waals surface area contributed by atoms with E-state index in [0.717, 1.165) is 25.7 Å². The Kier molecular flexibility index (Phi) is 4.84. The fourth-order valence-corrected chi connectivity index (χ4v) is 2.33. The van der Waals surface area contributed by atoms with Crippen molar-refractivity contribution in [2.45, 2.75) is 57.5 Å². The molecule has 0 amide bonds. The largest absolute Gasteiger partial charge is 0.367 e. The van der Waals surface area contributed by atoms with E-state index in [4.69, 9.17) is 11.2 Å². The maximum atomic E-state index is 12.0. The van der Waals surface area contributed by atoms with Crippen LogP contribution in [0.1, 0.15) is 51.9 Å². The molecule has 0 aromatic heterocycles. The Balaban J connectivity index is 2.75. The summed E-state index contributed by atoms with van der Waals surface area (Å²) in [4.78, 5) is 12.0. The van der Waals surface area contributed by atoms with Crippen LogP contribution in [0.3, 0.4) is 0 Å². The van der Waals surface area contributed by atoms with Gasteiger partial charge < -0.3 is 4.74 Å². The van der Waals surface area contributed by atoms with Gasteiger partial charge in [0, 0.05) is 6.61 Å². The van der Waals surface area contributed by atoms with Gasteiger partial charge >= 0.3 is 0 Å². The molecule has 0 aromatic rings. The number of ether oxygens (including phenoxy) is 1. The van der Waals surface area contributed by atoms with E-state index in [1.807, 2.05) is 6.92 Å². The van der Waals surface area contributed by atoms with Gasteiger partial charge in [-0.05, 0) is 19.8 Å². The van der Waals surface area contributed by atoms with Crippen molar-refractivity contribution >= 4 is 5.78 Å². The second kappa shape index (κ2) is 5.92. The second-order valence-corrected chi connectivity index (χ2v) is 4.15. The highest BCUT2D eigenvalue weighted by Crippen LogP contribution is 2.32. The molecule has 0 unspecified atom stereocenters. The molecule has 1 fully saturated rings. The highest BCUT2D eigenvalue weighted by molar-refractivity contribution is 5.89. The molecule has 0 spiro atoms. The Morgan fingerprint density at radius 1 is 1.33 bits per heavy atom. The number of Topliss-reactive ketones (excluding diaryl/α,β-unsaturated/α-hetero) is 1. The molecule has 1 rings (SSSR count). The summed E-state index contributed by atoms with van der Waals surface area (Å²) in [7, 11) is 0. The normalized spacial score (nSPS) is 20.3. The van der Waals surface area contributed by atoms with Crippen molar-refractivity contribution in [1.82, 2.24) is 0 Å². The molecule has 0 N–H and O–H groups in total. The molecule has 1 saturated carbocycles. The molecular weight excluding hydrogens is 188 g/mol. The van der Waals surface area contributed by atoms with Crippen molar-refractivity contribution in [2.24, 2.45) is 0 Å². The highest BCUT2D eigenvalue weighted by atomic mass is 16.5. The third-order valence-electron chi connectivity index (χ3n) is 3.10. The van der Waals surface area contributed by atoms with E-state index in [2.05, 4.69) is 5.92 Å². The van der Waals surface area contributed by atoms with Gasteiger partial charge in [-0.3, -0.25) is 4.79 Å². The van der Waals surface area contributed by atoms with E-state index in [0.29, 0.717) is 6.61 Å². The lowest BCUT2D eigenvalue weighted by molar-refractivity contribution is -0.145. The Labute approximate surface area is 92.4 Å². The molecule has 0 bridgehead atoms. The van der Waals surface area contributed by atoms with Gasteiger partial charge in [-0.25, -0.2) is 0 Å². The van der Waals surface area contributed by atoms with Gasteiger partial charge in [-0.1, -0.05) is 31.6 Å². The predicted octanol–water partition coefficient (Wildman–Crippen LogP) is 2.71. The standard InChI is InChI=1S/C13H20O2/c1-3-9-12(14)13(15-4-2)10-7-5-6-8-11-13/h1H,4-11H2,2H3. The summed E-state index contributed by atoms with van der Waals surface area (Å²) in [5.74, 6) is 2.54. The lowest BCUT2D eigenvalue weighted by Crippen LogP contribution is -2.41. The first-order valence-electron chi connectivity index (χ1n) is 5.86. The molecule has 1 aliphatic carbocycles. The van der Waals surface area contributed by atoms with E-state index in [1.54, 1.807) is 0 Å². The quantitative estimate of drug-likeness (QED) is 0.524. The van der Waals surface area contributed by atoms with Crippen molar-refractivity contribution in [3.8, 4) is 12.3 Å². The van der Waals surface area contributed by atoms with Crippen LogP contribution in [0.25, 0.3) is 0 Å². The van der Waals surface area contributed by atoms with E-state index in [9.17, 15) is 4.79 Å². The summed E-state index contributed by atoms with van der Waals surface area (Å²) in [5.41, 5.74) is -0.558. The second-order valence-electron chi connectivity index (χ2n) is 4.15. The Morgan fingerprint density at radius 2 is 1.93 bits per heavy atom. The van der Waals surface area contributed by atoms with Crippen LogP contribution >= 0.6 is 0 Å². The molecule has 84 valence electrons. The number of terminal acetylenes is 1. The summed E-state index contributed by atoms with van der Waals surface area (Å²) in [5, 5.41) is 0. The summed E-state index contributed by atoms with van der Waals surface area (Å²) in [6, 6.07) is 0. The molecule has 15 heavy (non-hydrogen) atoms. The summed E-state index contributed by atoms with van der Waals surface area (Å²) < 4.78 is 5.72. The minimum atomic E-state index is -0.558. The maximum Gasteiger partial charge on any atom is 0.176 e. The molecular formula is C13H20O2. The Hall–Kier alpha value is -0.810. The molecule has 0 aliphatic heterocycles. The van der Waals surface area contributed by atoms with Crippen LogP contribution in [0.4, 0.5) is 0 Å². The van der Waals surface area contributed by atoms with Crippen LogP contribution in [-0.2, 0) is 9.53 Å². The minimum Gasteiger partial charge on any atom is -0.367 e. The van der Waals surface area contributed by atoms with Crippen molar-refractivity contribution in [3.05, 3.63) is 0 Å². The molecule has 0 heterocycles. The number of carbonyl (C=O) groups excluding carboxylic acids is 1. The highest BCUT2D eigenvalue weighted by Gasteiger charge is 2.38. The number of hydrogen-bond acceptors (Lipinski definition) is 2. The smallest absolute Gasteiger partial charge is 0.176 e. The van der Waals surface area contributed by atoms with Crippen molar-refractivity contribution in [2.75, 3.05) is 6.61 Å². The van der Waals surface area contributed by atoms with E-state index in [-0.39, 0.29) is 12.2 Å². The van der Waals surface area contributed by atoms with Crippen LogP contribution in [0.5, 0.6) is 0 Å².